The third-order valence-electron chi connectivity index (χ3n) is 1.43. The molecule has 1 aromatic rings. The Kier molecular flexibility index (Phi) is 3.89. The third kappa shape index (κ3) is 3.55. The van der Waals surface area contributed by atoms with Gasteiger partial charge in [-0.2, -0.15) is 11.8 Å². The Labute approximate surface area is 82.0 Å². The van der Waals surface area contributed by atoms with E-state index in [0.717, 1.165) is 0 Å². The van der Waals surface area contributed by atoms with Crippen molar-refractivity contribution in [3.05, 3.63) is 24.3 Å². The molecule has 0 N–H and O–H groups in total. The number of hydrogen-bond acceptors (Lipinski definition) is 4. The van der Waals surface area contributed by atoms with E-state index in [4.69, 9.17) is 0 Å². The zero-order valence-electron chi connectivity index (χ0n) is 7.73. The van der Waals surface area contributed by atoms with E-state index in [9.17, 15) is 4.79 Å². The second-order valence-corrected chi connectivity index (χ2v) is 4.47. The van der Waals surface area contributed by atoms with Crippen LogP contribution >= 0.6 is 11.8 Å². The summed E-state index contributed by atoms with van der Waals surface area (Å²) in [5.74, 6) is 0.602. The van der Waals surface area contributed by atoms with Gasteiger partial charge in [-0.3, -0.25) is 4.79 Å². The van der Waals surface area contributed by atoms with Crippen molar-refractivity contribution in [1.29, 1.82) is 0 Å². The number of rotatable bonds is 4. The highest BCUT2D eigenvalue weighted by molar-refractivity contribution is 8.00. The molecule has 3 nitrogen and oxygen atoms in total. The van der Waals surface area contributed by atoms with E-state index in [1.54, 1.807) is 24.2 Å². The molecule has 13 heavy (non-hydrogen) atoms. The van der Waals surface area contributed by atoms with Gasteiger partial charge in [-0.15, -0.1) is 0 Å². The van der Waals surface area contributed by atoms with Gasteiger partial charge >= 0.3 is 0 Å². The standard InChI is InChI=1S/C9H12N2OS/c1-7(2)13-5-9(12)8-3-10-6-11-4-8/h3-4,6-7H,5H2,1-2H3. The van der Waals surface area contributed by atoms with Crippen LogP contribution < -0.4 is 0 Å². The summed E-state index contributed by atoms with van der Waals surface area (Å²) < 4.78 is 0. The van der Waals surface area contributed by atoms with Crippen molar-refractivity contribution in [2.45, 2.75) is 19.1 Å². The number of aromatic nitrogens is 2. The minimum Gasteiger partial charge on any atom is -0.293 e. The lowest BCUT2D eigenvalue weighted by molar-refractivity contribution is 0.102. The van der Waals surface area contributed by atoms with Crippen LogP contribution in [0.1, 0.15) is 24.2 Å². The first-order valence-electron chi connectivity index (χ1n) is 4.10. The number of hydrogen-bond donors (Lipinski definition) is 0. The molecule has 0 radical (unpaired) electrons. The van der Waals surface area contributed by atoms with E-state index < -0.39 is 0 Å². The SMILES string of the molecule is CC(C)SCC(=O)c1cncnc1. The highest BCUT2D eigenvalue weighted by Gasteiger charge is 2.06. The molecule has 0 aromatic carbocycles. The van der Waals surface area contributed by atoms with Crippen LogP contribution in [0.15, 0.2) is 18.7 Å². The van der Waals surface area contributed by atoms with Crippen molar-refractivity contribution in [3.8, 4) is 0 Å². The van der Waals surface area contributed by atoms with Gasteiger partial charge in [0.25, 0.3) is 0 Å². The summed E-state index contributed by atoms with van der Waals surface area (Å²) in [4.78, 5) is 19.0. The minimum atomic E-state index is 0.0966. The number of carbonyl (C=O) groups is 1. The molecule has 0 aliphatic rings. The number of carbonyl (C=O) groups excluding carboxylic acids is 1. The van der Waals surface area contributed by atoms with Crippen molar-refractivity contribution in [2.24, 2.45) is 0 Å². The molecule has 1 aromatic heterocycles. The second kappa shape index (κ2) is 4.97. The van der Waals surface area contributed by atoms with E-state index in [-0.39, 0.29) is 5.78 Å². The predicted octanol–water partition coefficient (Wildman–Crippen LogP) is 1.80. The first kappa shape index (κ1) is 10.2. The highest BCUT2D eigenvalue weighted by atomic mass is 32.2. The van der Waals surface area contributed by atoms with Crippen molar-refractivity contribution in [2.75, 3.05) is 5.75 Å². The zero-order chi connectivity index (χ0) is 9.68. The summed E-state index contributed by atoms with van der Waals surface area (Å²) in [5, 5.41) is 0.480. The quantitative estimate of drug-likeness (QED) is 0.689. The first-order chi connectivity index (χ1) is 6.20. The Balaban J connectivity index is 2.50. The molecule has 0 unspecified atom stereocenters. The van der Waals surface area contributed by atoms with Crippen LogP contribution in [0.5, 0.6) is 0 Å². The Morgan fingerprint density at radius 2 is 2.08 bits per heavy atom. The van der Waals surface area contributed by atoms with E-state index in [0.29, 0.717) is 16.6 Å². The Bertz CT molecular complexity index is 274. The maximum atomic E-state index is 11.4. The van der Waals surface area contributed by atoms with Crippen LogP contribution in [0, 0.1) is 0 Å². The summed E-state index contributed by atoms with van der Waals surface area (Å²) in [6.07, 6.45) is 4.53. The zero-order valence-corrected chi connectivity index (χ0v) is 8.54. The maximum absolute atomic E-state index is 11.4. The summed E-state index contributed by atoms with van der Waals surface area (Å²) in [6.45, 7) is 4.14. The van der Waals surface area contributed by atoms with Crippen molar-refractivity contribution in [1.82, 2.24) is 9.97 Å². The van der Waals surface area contributed by atoms with E-state index in [1.165, 1.54) is 6.33 Å². The van der Waals surface area contributed by atoms with E-state index >= 15 is 0 Å². The molecular formula is C9H12N2OS. The largest absolute Gasteiger partial charge is 0.293 e. The van der Waals surface area contributed by atoms with Gasteiger partial charge in [0.2, 0.25) is 0 Å². The van der Waals surface area contributed by atoms with Gasteiger partial charge in [0.1, 0.15) is 6.33 Å². The molecule has 0 aliphatic heterocycles. The number of nitrogens with zero attached hydrogens (tertiary/aromatic N) is 2. The first-order valence-corrected chi connectivity index (χ1v) is 5.15. The van der Waals surface area contributed by atoms with E-state index in [1.807, 2.05) is 0 Å². The van der Waals surface area contributed by atoms with Gasteiger partial charge in [-0.05, 0) is 5.25 Å². The maximum Gasteiger partial charge on any atom is 0.175 e. The molecule has 70 valence electrons. The molecule has 0 saturated heterocycles. The molecule has 0 fully saturated rings. The van der Waals surface area contributed by atoms with Gasteiger partial charge in [0.15, 0.2) is 5.78 Å². The van der Waals surface area contributed by atoms with Crippen LogP contribution in [0.25, 0.3) is 0 Å². The van der Waals surface area contributed by atoms with Crippen LogP contribution in [0.3, 0.4) is 0 Å². The summed E-state index contributed by atoms with van der Waals surface area (Å²) in [7, 11) is 0. The van der Waals surface area contributed by atoms with Crippen LogP contribution in [0.4, 0.5) is 0 Å². The summed E-state index contributed by atoms with van der Waals surface area (Å²) >= 11 is 1.63. The number of thioether (sulfide) groups is 1. The van der Waals surface area contributed by atoms with Gasteiger partial charge in [0, 0.05) is 12.4 Å². The molecular weight excluding hydrogens is 184 g/mol. The van der Waals surface area contributed by atoms with Crippen LogP contribution in [0.2, 0.25) is 0 Å². The Morgan fingerprint density at radius 1 is 1.46 bits per heavy atom. The molecule has 0 amide bonds. The molecule has 1 rings (SSSR count). The molecule has 1 heterocycles. The fourth-order valence-corrected chi connectivity index (χ4v) is 1.42. The minimum absolute atomic E-state index is 0.0966. The Morgan fingerprint density at radius 3 is 2.62 bits per heavy atom. The summed E-state index contributed by atoms with van der Waals surface area (Å²) in [5.41, 5.74) is 0.593. The number of Topliss-reactive ketones (excluding diaryl/α,β-unsaturated/α-hetero) is 1. The normalized spacial score (nSPS) is 10.4. The predicted molar refractivity (Wildman–Crippen MR) is 54.0 cm³/mol. The van der Waals surface area contributed by atoms with Gasteiger partial charge in [0.05, 0.1) is 11.3 Å². The molecule has 0 saturated carbocycles. The summed E-state index contributed by atoms with van der Waals surface area (Å²) in [6, 6.07) is 0. The third-order valence-corrected chi connectivity index (χ3v) is 2.53. The molecule has 0 bridgehead atoms. The lowest BCUT2D eigenvalue weighted by Crippen LogP contribution is -2.05. The van der Waals surface area contributed by atoms with Gasteiger partial charge < -0.3 is 0 Å². The highest BCUT2D eigenvalue weighted by Crippen LogP contribution is 2.11. The van der Waals surface area contributed by atoms with Crippen LogP contribution in [-0.2, 0) is 0 Å². The average molecular weight is 196 g/mol. The average Bonchev–Trinajstić information content (AvgIpc) is 2.15. The van der Waals surface area contributed by atoms with E-state index in [2.05, 4.69) is 23.8 Å². The Hall–Kier alpha value is -0.900. The monoisotopic (exact) mass is 196 g/mol. The van der Waals surface area contributed by atoms with Gasteiger partial charge in [-0.25, -0.2) is 9.97 Å². The van der Waals surface area contributed by atoms with Crippen molar-refractivity contribution >= 4 is 17.5 Å². The smallest absolute Gasteiger partial charge is 0.175 e. The van der Waals surface area contributed by atoms with Gasteiger partial charge in [-0.1, -0.05) is 13.8 Å². The molecule has 4 heteroatoms. The molecule has 0 aliphatic carbocycles. The second-order valence-electron chi connectivity index (χ2n) is 2.91. The van der Waals surface area contributed by atoms with Crippen molar-refractivity contribution < 1.29 is 4.79 Å². The fourth-order valence-electron chi connectivity index (χ4n) is 0.769. The molecule has 0 atom stereocenters. The van der Waals surface area contributed by atoms with Crippen molar-refractivity contribution in [3.63, 3.8) is 0 Å². The van der Waals surface area contributed by atoms with Crippen LogP contribution in [-0.4, -0.2) is 26.8 Å². The molecule has 0 spiro atoms. The lowest BCUT2D eigenvalue weighted by atomic mass is 10.2. The number of ketones is 1. The fraction of sp³-hybridized carbons (Fsp3) is 0.444. The lowest BCUT2D eigenvalue weighted by Gasteiger charge is -2.02. The topological polar surface area (TPSA) is 42.9 Å².